The Bertz CT molecular complexity index is 412. The number of nitrogens with one attached hydrogen (secondary N) is 1. The second-order valence-corrected chi connectivity index (χ2v) is 4.98. The van der Waals surface area contributed by atoms with E-state index in [1.54, 1.807) is 11.9 Å². The van der Waals surface area contributed by atoms with Crippen LogP contribution in [0.25, 0.3) is 0 Å². The van der Waals surface area contributed by atoms with Crippen LogP contribution in [0.4, 0.5) is 4.79 Å². The highest BCUT2D eigenvalue weighted by molar-refractivity contribution is 5.74. The molecule has 0 aliphatic heterocycles. The van der Waals surface area contributed by atoms with E-state index in [9.17, 15) is 4.79 Å². The van der Waals surface area contributed by atoms with Crippen molar-refractivity contribution in [3.8, 4) is 0 Å². The van der Waals surface area contributed by atoms with E-state index >= 15 is 0 Å². The van der Waals surface area contributed by atoms with Crippen molar-refractivity contribution in [1.82, 2.24) is 10.2 Å². The van der Waals surface area contributed by atoms with Gasteiger partial charge >= 0.3 is 6.03 Å². The van der Waals surface area contributed by atoms with Gasteiger partial charge in [-0.05, 0) is 43.9 Å². The van der Waals surface area contributed by atoms with Gasteiger partial charge in [-0.1, -0.05) is 18.2 Å². The molecule has 0 bridgehead atoms. The number of carbonyl (C=O) groups is 1. The van der Waals surface area contributed by atoms with Crippen LogP contribution in [0.5, 0.6) is 0 Å². The van der Waals surface area contributed by atoms with Gasteiger partial charge in [0.1, 0.15) is 0 Å². The summed E-state index contributed by atoms with van der Waals surface area (Å²) in [4.78, 5) is 13.6. The monoisotopic (exact) mass is 264 g/mol. The standard InChI is InChI=1S/C15H24N2O2/c1-11-7-5-8-12(2)14(11)13(3)16-15(19)17(4)9-6-10-18/h5,7-8,13,18H,6,9-10H2,1-4H3,(H,16,19)/t13-/m1/s1. The summed E-state index contributed by atoms with van der Waals surface area (Å²) in [5.41, 5.74) is 3.54. The first kappa shape index (κ1) is 15.5. The average molecular weight is 264 g/mol. The number of benzene rings is 1. The summed E-state index contributed by atoms with van der Waals surface area (Å²) in [7, 11) is 1.74. The fraction of sp³-hybridized carbons (Fsp3) is 0.533. The van der Waals surface area contributed by atoms with Gasteiger partial charge in [-0.3, -0.25) is 0 Å². The summed E-state index contributed by atoms with van der Waals surface area (Å²) in [5.74, 6) is 0. The number of carbonyl (C=O) groups excluding carboxylic acids is 1. The topological polar surface area (TPSA) is 52.6 Å². The van der Waals surface area contributed by atoms with Gasteiger partial charge in [-0.2, -0.15) is 0 Å². The predicted molar refractivity (Wildman–Crippen MR) is 77.2 cm³/mol. The van der Waals surface area contributed by atoms with E-state index < -0.39 is 0 Å². The molecule has 2 amide bonds. The molecule has 0 heterocycles. The number of amides is 2. The molecule has 0 aliphatic carbocycles. The van der Waals surface area contributed by atoms with Crippen LogP contribution in [0, 0.1) is 13.8 Å². The maximum absolute atomic E-state index is 12.0. The second kappa shape index (κ2) is 7.14. The summed E-state index contributed by atoms with van der Waals surface area (Å²) in [6.45, 7) is 6.76. The summed E-state index contributed by atoms with van der Waals surface area (Å²) in [6, 6.07) is 6.01. The normalized spacial score (nSPS) is 12.1. The van der Waals surface area contributed by atoms with Crippen LogP contribution in [-0.4, -0.2) is 36.2 Å². The lowest BCUT2D eigenvalue weighted by Crippen LogP contribution is -2.39. The Hall–Kier alpha value is -1.55. The highest BCUT2D eigenvalue weighted by Gasteiger charge is 2.15. The Labute approximate surface area is 115 Å². The number of hydrogen-bond acceptors (Lipinski definition) is 2. The van der Waals surface area contributed by atoms with Crippen LogP contribution in [-0.2, 0) is 0 Å². The van der Waals surface area contributed by atoms with Gasteiger partial charge in [-0.15, -0.1) is 0 Å². The second-order valence-electron chi connectivity index (χ2n) is 4.98. The van der Waals surface area contributed by atoms with Gasteiger partial charge in [0, 0.05) is 20.2 Å². The number of nitrogens with zero attached hydrogens (tertiary/aromatic N) is 1. The Balaban J connectivity index is 2.69. The number of aliphatic hydroxyl groups excluding tert-OH is 1. The Kier molecular flexibility index (Phi) is 5.83. The molecule has 106 valence electrons. The fourth-order valence-electron chi connectivity index (χ4n) is 2.29. The first-order valence-electron chi connectivity index (χ1n) is 6.66. The van der Waals surface area contributed by atoms with E-state index in [2.05, 4.69) is 31.3 Å². The molecule has 4 heteroatoms. The van der Waals surface area contributed by atoms with Crippen LogP contribution in [0.2, 0.25) is 0 Å². The quantitative estimate of drug-likeness (QED) is 0.858. The molecule has 0 radical (unpaired) electrons. The molecule has 19 heavy (non-hydrogen) atoms. The minimum atomic E-state index is -0.108. The van der Waals surface area contributed by atoms with Gasteiger partial charge in [-0.25, -0.2) is 4.79 Å². The molecular weight excluding hydrogens is 240 g/mol. The Morgan fingerprint density at radius 2 is 1.95 bits per heavy atom. The molecule has 0 aromatic heterocycles. The number of aliphatic hydroxyl groups is 1. The number of hydrogen-bond donors (Lipinski definition) is 2. The molecular formula is C15H24N2O2. The molecule has 1 atom stereocenters. The van der Waals surface area contributed by atoms with E-state index in [-0.39, 0.29) is 18.7 Å². The third-order valence-electron chi connectivity index (χ3n) is 3.31. The molecule has 1 aromatic rings. The van der Waals surface area contributed by atoms with E-state index in [1.165, 1.54) is 16.7 Å². The maximum atomic E-state index is 12.0. The maximum Gasteiger partial charge on any atom is 0.317 e. The average Bonchev–Trinajstić information content (AvgIpc) is 2.35. The highest BCUT2D eigenvalue weighted by atomic mass is 16.3. The molecule has 4 nitrogen and oxygen atoms in total. The van der Waals surface area contributed by atoms with Gasteiger partial charge < -0.3 is 15.3 Å². The van der Waals surface area contributed by atoms with Crippen LogP contribution in [0.15, 0.2) is 18.2 Å². The van der Waals surface area contributed by atoms with Gasteiger partial charge in [0.25, 0.3) is 0 Å². The zero-order valence-electron chi connectivity index (χ0n) is 12.2. The summed E-state index contributed by atoms with van der Waals surface area (Å²) >= 11 is 0. The smallest absolute Gasteiger partial charge is 0.317 e. The largest absolute Gasteiger partial charge is 0.396 e. The van der Waals surface area contributed by atoms with Gasteiger partial charge in [0.2, 0.25) is 0 Å². The van der Waals surface area contributed by atoms with Crippen LogP contribution >= 0.6 is 0 Å². The predicted octanol–water partition coefficient (Wildman–Crippen LogP) is 2.39. The van der Waals surface area contributed by atoms with Crippen molar-refractivity contribution in [3.05, 3.63) is 34.9 Å². The van der Waals surface area contributed by atoms with Crippen molar-refractivity contribution >= 4 is 6.03 Å². The summed E-state index contributed by atoms with van der Waals surface area (Å²) in [6.07, 6.45) is 0.599. The molecule has 0 aliphatic rings. The number of rotatable bonds is 5. The van der Waals surface area contributed by atoms with Crippen molar-refractivity contribution in [2.45, 2.75) is 33.2 Å². The Morgan fingerprint density at radius 3 is 2.47 bits per heavy atom. The fourth-order valence-corrected chi connectivity index (χ4v) is 2.29. The zero-order valence-corrected chi connectivity index (χ0v) is 12.2. The third kappa shape index (κ3) is 4.24. The highest BCUT2D eigenvalue weighted by Crippen LogP contribution is 2.21. The van der Waals surface area contributed by atoms with Crippen LogP contribution < -0.4 is 5.32 Å². The number of aryl methyl sites for hydroxylation is 2. The summed E-state index contributed by atoms with van der Waals surface area (Å²) in [5, 5.41) is 11.8. The molecule has 1 aromatic carbocycles. The number of urea groups is 1. The molecule has 0 fully saturated rings. The first-order chi connectivity index (χ1) is 8.97. The third-order valence-corrected chi connectivity index (χ3v) is 3.31. The van der Waals surface area contributed by atoms with Crippen molar-refractivity contribution in [2.24, 2.45) is 0 Å². The van der Waals surface area contributed by atoms with Crippen molar-refractivity contribution < 1.29 is 9.90 Å². The molecule has 0 saturated carbocycles. The van der Waals surface area contributed by atoms with Crippen molar-refractivity contribution in [3.63, 3.8) is 0 Å². The minimum Gasteiger partial charge on any atom is -0.396 e. The van der Waals surface area contributed by atoms with Gasteiger partial charge in [0.15, 0.2) is 0 Å². The first-order valence-corrected chi connectivity index (χ1v) is 6.66. The zero-order chi connectivity index (χ0) is 14.4. The molecule has 0 saturated heterocycles. The lowest BCUT2D eigenvalue weighted by Gasteiger charge is -2.23. The minimum absolute atomic E-state index is 0.0229. The van der Waals surface area contributed by atoms with Crippen LogP contribution in [0.1, 0.15) is 36.1 Å². The summed E-state index contributed by atoms with van der Waals surface area (Å²) < 4.78 is 0. The lowest BCUT2D eigenvalue weighted by atomic mass is 9.97. The molecule has 2 N–H and O–H groups in total. The van der Waals surface area contributed by atoms with E-state index in [0.717, 1.165) is 0 Å². The molecule has 1 rings (SSSR count). The van der Waals surface area contributed by atoms with Crippen molar-refractivity contribution in [1.29, 1.82) is 0 Å². The van der Waals surface area contributed by atoms with Crippen LogP contribution in [0.3, 0.4) is 0 Å². The lowest BCUT2D eigenvalue weighted by molar-refractivity contribution is 0.198. The van der Waals surface area contributed by atoms with E-state index in [0.29, 0.717) is 13.0 Å². The van der Waals surface area contributed by atoms with E-state index in [4.69, 9.17) is 5.11 Å². The molecule has 0 unspecified atom stereocenters. The SMILES string of the molecule is Cc1cccc(C)c1[C@@H](C)NC(=O)N(C)CCCO. The van der Waals surface area contributed by atoms with E-state index in [1.807, 2.05) is 13.0 Å². The van der Waals surface area contributed by atoms with Gasteiger partial charge in [0.05, 0.1) is 6.04 Å². The molecule has 0 spiro atoms. The Morgan fingerprint density at radius 1 is 1.37 bits per heavy atom. The van der Waals surface area contributed by atoms with Crippen molar-refractivity contribution in [2.75, 3.05) is 20.2 Å².